The maximum atomic E-state index is 12.5. The highest BCUT2D eigenvalue weighted by atomic mass is 32.2. The average Bonchev–Trinajstić information content (AvgIpc) is 3.38. The maximum Gasteiger partial charge on any atom is 0.234 e. The van der Waals surface area contributed by atoms with Crippen molar-refractivity contribution in [1.29, 1.82) is 0 Å². The van der Waals surface area contributed by atoms with E-state index in [0.717, 1.165) is 17.0 Å². The van der Waals surface area contributed by atoms with Crippen LogP contribution in [0.2, 0.25) is 0 Å². The summed E-state index contributed by atoms with van der Waals surface area (Å²) >= 11 is 1.28. The minimum absolute atomic E-state index is 0.0523. The predicted octanol–water partition coefficient (Wildman–Crippen LogP) is 4.77. The van der Waals surface area contributed by atoms with Crippen LogP contribution in [0.4, 0.5) is 5.69 Å². The van der Waals surface area contributed by atoms with Gasteiger partial charge in [-0.2, -0.15) is 0 Å². The number of ketones is 1. The Labute approximate surface area is 183 Å². The summed E-state index contributed by atoms with van der Waals surface area (Å²) in [5.74, 6) is 1.27. The molecule has 2 heterocycles. The summed E-state index contributed by atoms with van der Waals surface area (Å²) in [4.78, 5) is 24.1. The van der Waals surface area contributed by atoms with Gasteiger partial charge in [0.2, 0.25) is 5.91 Å². The van der Waals surface area contributed by atoms with Gasteiger partial charge in [0.15, 0.2) is 16.8 Å². The third-order valence-corrected chi connectivity index (χ3v) is 5.56. The smallest absolute Gasteiger partial charge is 0.234 e. The second-order valence-corrected chi connectivity index (χ2v) is 7.78. The van der Waals surface area contributed by atoms with Gasteiger partial charge in [-0.05, 0) is 44.2 Å². The van der Waals surface area contributed by atoms with Crippen molar-refractivity contribution in [3.8, 4) is 17.1 Å². The molecule has 0 aliphatic heterocycles. The van der Waals surface area contributed by atoms with E-state index in [0.29, 0.717) is 22.2 Å². The molecule has 0 bridgehead atoms. The number of furan rings is 1. The first-order valence-electron chi connectivity index (χ1n) is 9.62. The molecule has 0 spiro atoms. The molecule has 4 rings (SSSR count). The van der Waals surface area contributed by atoms with Crippen LogP contribution in [-0.2, 0) is 4.79 Å². The molecular formula is C23H20N4O3S. The van der Waals surface area contributed by atoms with E-state index in [1.165, 1.54) is 18.7 Å². The van der Waals surface area contributed by atoms with Crippen LogP contribution in [0.25, 0.3) is 17.1 Å². The number of nitrogens with one attached hydrogen (secondary N) is 1. The number of hydrogen-bond acceptors (Lipinski definition) is 6. The first kappa shape index (κ1) is 20.6. The number of nitrogens with zero attached hydrogens (tertiary/aromatic N) is 3. The van der Waals surface area contributed by atoms with Gasteiger partial charge in [0.1, 0.15) is 5.76 Å². The van der Waals surface area contributed by atoms with Gasteiger partial charge in [-0.1, -0.05) is 42.1 Å². The molecular weight excluding hydrogens is 412 g/mol. The van der Waals surface area contributed by atoms with Crippen LogP contribution in [-0.4, -0.2) is 32.2 Å². The molecule has 156 valence electrons. The Hall–Kier alpha value is -3.65. The summed E-state index contributed by atoms with van der Waals surface area (Å²) in [7, 11) is 0. The third kappa shape index (κ3) is 4.59. The highest BCUT2D eigenvalue weighted by molar-refractivity contribution is 7.99. The molecule has 0 aliphatic rings. The number of Topliss-reactive ketones (excluding diaryl/α,β-unsaturated/α-hetero) is 1. The number of aromatic nitrogens is 3. The van der Waals surface area contributed by atoms with Gasteiger partial charge in [0.05, 0.1) is 17.6 Å². The van der Waals surface area contributed by atoms with Crippen LogP contribution in [0.1, 0.15) is 23.0 Å². The summed E-state index contributed by atoms with van der Waals surface area (Å²) in [6.45, 7) is 3.36. The fourth-order valence-corrected chi connectivity index (χ4v) is 3.86. The number of thioether (sulfide) groups is 1. The Bertz CT molecular complexity index is 1230. The summed E-state index contributed by atoms with van der Waals surface area (Å²) in [5.41, 5.74) is 2.86. The zero-order valence-corrected chi connectivity index (χ0v) is 17.8. The lowest BCUT2D eigenvalue weighted by atomic mass is 10.1. The van der Waals surface area contributed by atoms with Gasteiger partial charge in [-0.25, -0.2) is 0 Å². The van der Waals surface area contributed by atoms with E-state index in [1.807, 2.05) is 47.9 Å². The number of benzene rings is 2. The molecule has 7 nitrogen and oxygen atoms in total. The number of rotatable bonds is 7. The third-order valence-electron chi connectivity index (χ3n) is 4.63. The fraction of sp³-hybridized carbons (Fsp3) is 0.130. The maximum absolute atomic E-state index is 12.5. The molecule has 31 heavy (non-hydrogen) atoms. The SMILES string of the molecule is CC(=O)c1cccc(NC(=O)CSc2nnc(-c3ccoc3C)n2-c2ccccc2)c1. The molecule has 0 saturated heterocycles. The molecule has 0 aliphatic carbocycles. The first-order valence-corrected chi connectivity index (χ1v) is 10.6. The number of carbonyl (C=O) groups excluding carboxylic acids is 2. The normalized spacial score (nSPS) is 10.8. The molecule has 2 aromatic heterocycles. The van der Waals surface area contributed by atoms with Gasteiger partial charge in [-0.15, -0.1) is 10.2 Å². The van der Waals surface area contributed by atoms with Crippen molar-refractivity contribution < 1.29 is 14.0 Å². The van der Waals surface area contributed by atoms with E-state index in [1.54, 1.807) is 30.5 Å². The van der Waals surface area contributed by atoms with Crippen molar-refractivity contribution in [2.45, 2.75) is 19.0 Å². The number of aryl methyl sites for hydroxylation is 1. The first-order chi connectivity index (χ1) is 15.0. The molecule has 0 atom stereocenters. The monoisotopic (exact) mass is 432 g/mol. The Morgan fingerprint density at radius 1 is 1.06 bits per heavy atom. The number of anilines is 1. The highest BCUT2D eigenvalue weighted by Crippen LogP contribution is 2.30. The Morgan fingerprint density at radius 2 is 1.87 bits per heavy atom. The zero-order valence-electron chi connectivity index (χ0n) is 17.0. The zero-order chi connectivity index (χ0) is 21.8. The molecule has 4 aromatic rings. The number of amides is 1. The molecule has 0 unspecified atom stereocenters. The number of para-hydroxylation sites is 1. The van der Waals surface area contributed by atoms with Gasteiger partial charge in [0.25, 0.3) is 0 Å². The average molecular weight is 433 g/mol. The molecule has 1 N–H and O–H groups in total. The van der Waals surface area contributed by atoms with Crippen LogP contribution in [0.3, 0.4) is 0 Å². The van der Waals surface area contributed by atoms with E-state index >= 15 is 0 Å². The van der Waals surface area contributed by atoms with Crippen LogP contribution < -0.4 is 5.32 Å². The predicted molar refractivity (Wildman–Crippen MR) is 120 cm³/mol. The second kappa shape index (κ2) is 9.01. The lowest BCUT2D eigenvalue weighted by Gasteiger charge is -2.10. The van der Waals surface area contributed by atoms with Gasteiger partial charge >= 0.3 is 0 Å². The second-order valence-electron chi connectivity index (χ2n) is 6.84. The molecule has 1 amide bonds. The van der Waals surface area contributed by atoms with E-state index in [4.69, 9.17) is 4.42 Å². The van der Waals surface area contributed by atoms with Crippen molar-refractivity contribution in [2.75, 3.05) is 11.1 Å². The summed E-state index contributed by atoms with van der Waals surface area (Å²) in [6.07, 6.45) is 1.62. The van der Waals surface area contributed by atoms with E-state index in [2.05, 4.69) is 15.5 Å². The van der Waals surface area contributed by atoms with E-state index < -0.39 is 0 Å². The largest absolute Gasteiger partial charge is 0.469 e. The van der Waals surface area contributed by atoms with Crippen molar-refractivity contribution in [3.05, 3.63) is 78.3 Å². The molecule has 0 fully saturated rings. The van der Waals surface area contributed by atoms with Gasteiger partial charge < -0.3 is 9.73 Å². The van der Waals surface area contributed by atoms with Crippen LogP contribution >= 0.6 is 11.8 Å². The Morgan fingerprint density at radius 3 is 2.58 bits per heavy atom. The van der Waals surface area contributed by atoms with E-state index in [9.17, 15) is 9.59 Å². The van der Waals surface area contributed by atoms with Crippen LogP contribution in [0.15, 0.2) is 76.5 Å². The number of hydrogen-bond donors (Lipinski definition) is 1. The van der Waals surface area contributed by atoms with Crippen molar-refractivity contribution in [1.82, 2.24) is 14.8 Å². The molecule has 0 radical (unpaired) electrons. The lowest BCUT2D eigenvalue weighted by Crippen LogP contribution is -2.15. The quantitative estimate of drug-likeness (QED) is 0.334. The molecule has 2 aromatic carbocycles. The van der Waals surface area contributed by atoms with Crippen molar-refractivity contribution >= 4 is 29.1 Å². The molecule has 0 saturated carbocycles. The fourth-order valence-electron chi connectivity index (χ4n) is 3.11. The standard InChI is InChI=1S/C23H20N4O3S/c1-15(28)17-7-6-8-18(13-17)24-21(29)14-31-23-26-25-22(20-11-12-30-16(20)2)27(23)19-9-4-3-5-10-19/h3-13H,14H2,1-2H3,(H,24,29). The van der Waals surface area contributed by atoms with Gasteiger partial charge in [0, 0.05) is 16.9 Å². The lowest BCUT2D eigenvalue weighted by molar-refractivity contribution is -0.113. The van der Waals surface area contributed by atoms with E-state index in [-0.39, 0.29) is 17.4 Å². The molecule has 8 heteroatoms. The topological polar surface area (TPSA) is 90.0 Å². The number of carbonyl (C=O) groups is 2. The minimum atomic E-state index is -0.200. The summed E-state index contributed by atoms with van der Waals surface area (Å²) < 4.78 is 7.34. The minimum Gasteiger partial charge on any atom is -0.469 e. The summed E-state index contributed by atoms with van der Waals surface area (Å²) in [5, 5.41) is 12.1. The Kier molecular flexibility index (Phi) is 5.99. The van der Waals surface area contributed by atoms with Crippen LogP contribution in [0.5, 0.6) is 0 Å². The summed E-state index contributed by atoms with van der Waals surface area (Å²) in [6, 6.07) is 18.4. The van der Waals surface area contributed by atoms with Crippen molar-refractivity contribution in [3.63, 3.8) is 0 Å². The van der Waals surface area contributed by atoms with Crippen LogP contribution in [0, 0.1) is 6.92 Å². The Balaban J connectivity index is 1.56. The van der Waals surface area contributed by atoms with Crippen molar-refractivity contribution in [2.24, 2.45) is 0 Å². The highest BCUT2D eigenvalue weighted by Gasteiger charge is 2.19. The van der Waals surface area contributed by atoms with Gasteiger partial charge in [-0.3, -0.25) is 14.2 Å².